The lowest BCUT2D eigenvalue weighted by atomic mass is 10.0. The number of nitrogens with zero attached hydrogens (tertiary/aromatic N) is 6. The molecule has 0 radical (unpaired) electrons. The second-order valence-electron chi connectivity index (χ2n) is 18.2. The molecular weight excluding hydrogens is 909 g/mol. The Bertz CT molecular complexity index is 4020. The van der Waals surface area contributed by atoms with Crippen molar-refractivity contribution in [3.63, 3.8) is 0 Å². The van der Waals surface area contributed by atoms with E-state index in [0.717, 1.165) is 123 Å². The molecule has 3 aromatic heterocycles. The van der Waals surface area contributed by atoms with Gasteiger partial charge in [0, 0.05) is 55.8 Å². The fraction of sp³-hybridized carbons (Fsp3) is 0. The van der Waals surface area contributed by atoms with Crippen molar-refractivity contribution in [3.05, 3.63) is 255 Å². The van der Waals surface area contributed by atoms with Gasteiger partial charge in [-0.05, 0) is 132 Å². The van der Waals surface area contributed by atoms with E-state index in [9.17, 15) is 0 Å². The predicted octanol–water partition coefficient (Wildman–Crippen LogP) is 17.8. The number of hydrogen-bond acceptors (Lipinski definition) is 8. The van der Waals surface area contributed by atoms with Gasteiger partial charge >= 0.3 is 0 Å². The number of hydrogen-bond donors (Lipinski definition) is 0. The standard InChI is InChI=1S/C66H42N6O2/c1-3-17-53-43(13-1)15-11-23-59(53)71(51-39-31-47(32-40-51)65-69-57-21-7-9-25-61(57)73-65)49-35-27-45(28-36-49)63-64(68-56-20-6-5-19-55(56)67-63)46-29-37-50(38-30-46)72(60-24-12-16-44-14-2-4-18-54(44)60)52-41-33-48(34-42-52)66-70-58-22-8-10-26-62(58)74-66/h1-42H. The van der Waals surface area contributed by atoms with E-state index >= 15 is 0 Å². The predicted molar refractivity (Wildman–Crippen MR) is 301 cm³/mol. The van der Waals surface area contributed by atoms with Crippen LogP contribution in [0.15, 0.2) is 264 Å². The average molecular weight is 951 g/mol. The third-order valence-corrected chi connectivity index (χ3v) is 13.7. The molecule has 11 aromatic carbocycles. The molecule has 0 N–H and O–H groups in total. The maximum Gasteiger partial charge on any atom is 0.227 e. The van der Waals surface area contributed by atoms with Crippen molar-refractivity contribution in [2.24, 2.45) is 0 Å². The highest BCUT2D eigenvalue weighted by Crippen LogP contribution is 2.43. The molecule has 0 aliphatic carbocycles. The lowest BCUT2D eigenvalue weighted by Crippen LogP contribution is -2.10. The summed E-state index contributed by atoms with van der Waals surface area (Å²) in [5, 5.41) is 4.60. The van der Waals surface area contributed by atoms with Crippen molar-refractivity contribution in [1.82, 2.24) is 19.9 Å². The Balaban J connectivity index is 0.844. The van der Waals surface area contributed by atoms with Crippen LogP contribution in [-0.4, -0.2) is 19.9 Å². The molecule has 14 aromatic rings. The lowest BCUT2D eigenvalue weighted by Gasteiger charge is -2.27. The smallest absolute Gasteiger partial charge is 0.227 e. The number of fused-ring (bicyclic) bond motifs is 5. The molecule has 348 valence electrons. The molecule has 74 heavy (non-hydrogen) atoms. The van der Waals surface area contributed by atoms with E-state index in [0.29, 0.717) is 11.8 Å². The van der Waals surface area contributed by atoms with Gasteiger partial charge in [0.2, 0.25) is 11.8 Å². The van der Waals surface area contributed by atoms with E-state index in [2.05, 4.69) is 192 Å². The topological polar surface area (TPSA) is 84.3 Å². The van der Waals surface area contributed by atoms with Gasteiger partial charge < -0.3 is 18.6 Å². The van der Waals surface area contributed by atoms with Gasteiger partial charge in [0.15, 0.2) is 11.2 Å². The Labute approximate surface area is 425 Å². The van der Waals surface area contributed by atoms with Crippen LogP contribution in [-0.2, 0) is 0 Å². The molecule has 0 amide bonds. The summed E-state index contributed by atoms with van der Waals surface area (Å²) in [7, 11) is 0. The van der Waals surface area contributed by atoms with E-state index in [1.54, 1.807) is 0 Å². The third-order valence-electron chi connectivity index (χ3n) is 13.7. The van der Waals surface area contributed by atoms with Crippen molar-refractivity contribution < 1.29 is 8.83 Å². The minimum atomic E-state index is 0.589. The van der Waals surface area contributed by atoms with Crippen LogP contribution in [0, 0.1) is 0 Å². The van der Waals surface area contributed by atoms with E-state index in [-0.39, 0.29) is 0 Å². The summed E-state index contributed by atoms with van der Waals surface area (Å²) in [6.07, 6.45) is 0. The van der Waals surface area contributed by atoms with Crippen molar-refractivity contribution in [3.8, 4) is 45.4 Å². The fourth-order valence-corrected chi connectivity index (χ4v) is 10.1. The Hall–Kier alpha value is -10.2. The molecule has 0 unspecified atom stereocenters. The van der Waals surface area contributed by atoms with Gasteiger partial charge in [-0.1, -0.05) is 133 Å². The van der Waals surface area contributed by atoms with Gasteiger partial charge in [-0.3, -0.25) is 0 Å². The van der Waals surface area contributed by atoms with Gasteiger partial charge in [0.05, 0.1) is 33.8 Å². The maximum absolute atomic E-state index is 6.15. The molecule has 0 aliphatic heterocycles. The normalized spacial score (nSPS) is 11.5. The van der Waals surface area contributed by atoms with Crippen LogP contribution < -0.4 is 9.80 Å². The van der Waals surface area contributed by atoms with Crippen LogP contribution in [0.25, 0.3) is 100 Å². The average Bonchev–Trinajstić information content (AvgIpc) is 4.13. The minimum absolute atomic E-state index is 0.589. The molecule has 0 saturated carbocycles. The van der Waals surface area contributed by atoms with Crippen LogP contribution in [0.5, 0.6) is 0 Å². The van der Waals surface area contributed by atoms with Crippen LogP contribution in [0.1, 0.15) is 0 Å². The molecule has 14 rings (SSSR count). The molecule has 8 nitrogen and oxygen atoms in total. The Morgan fingerprint density at radius 3 is 0.973 bits per heavy atom. The molecule has 0 atom stereocenters. The van der Waals surface area contributed by atoms with Gasteiger partial charge in [-0.25, -0.2) is 19.9 Å². The number of anilines is 6. The number of aromatic nitrogens is 4. The highest BCUT2D eigenvalue weighted by atomic mass is 16.4. The number of para-hydroxylation sites is 6. The highest BCUT2D eigenvalue weighted by Gasteiger charge is 2.21. The van der Waals surface area contributed by atoms with Gasteiger partial charge in [0.25, 0.3) is 0 Å². The van der Waals surface area contributed by atoms with Crippen molar-refractivity contribution in [2.45, 2.75) is 0 Å². The summed E-state index contributed by atoms with van der Waals surface area (Å²) >= 11 is 0. The first-order valence-electron chi connectivity index (χ1n) is 24.6. The second kappa shape index (κ2) is 17.9. The fourth-order valence-electron chi connectivity index (χ4n) is 10.1. The van der Waals surface area contributed by atoms with Crippen molar-refractivity contribution in [2.75, 3.05) is 9.80 Å². The zero-order valence-electron chi connectivity index (χ0n) is 39.7. The van der Waals surface area contributed by atoms with Gasteiger partial charge in [-0.15, -0.1) is 0 Å². The molecule has 3 heterocycles. The molecule has 0 saturated heterocycles. The largest absolute Gasteiger partial charge is 0.436 e. The molecule has 0 fully saturated rings. The summed E-state index contributed by atoms with van der Waals surface area (Å²) in [5.41, 5.74) is 16.3. The van der Waals surface area contributed by atoms with E-state index in [1.165, 1.54) is 0 Å². The van der Waals surface area contributed by atoms with E-state index in [4.69, 9.17) is 28.8 Å². The number of benzene rings is 11. The van der Waals surface area contributed by atoms with Crippen LogP contribution >= 0.6 is 0 Å². The third kappa shape index (κ3) is 7.66. The first-order valence-corrected chi connectivity index (χ1v) is 24.6. The summed E-state index contributed by atoms with van der Waals surface area (Å²) in [4.78, 5) is 24.8. The SMILES string of the molecule is c1ccc2c(N(c3ccc(-c4nc5ccccc5o4)cc3)c3ccc(-c4nc5ccccc5nc4-c4ccc(N(c5ccc(-c6nc7ccccc7o6)cc5)c5cccc6ccccc56)cc4)cc3)cccc2c1. The first-order chi connectivity index (χ1) is 36.6. The first kappa shape index (κ1) is 42.7. The second-order valence-corrected chi connectivity index (χ2v) is 18.2. The number of rotatable bonds is 10. The Morgan fingerprint density at radius 2 is 0.581 bits per heavy atom. The zero-order valence-corrected chi connectivity index (χ0v) is 39.7. The number of oxazole rings is 2. The molecule has 0 spiro atoms. The molecule has 8 heteroatoms. The van der Waals surface area contributed by atoms with Crippen molar-refractivity contribution in [1.29, 1.82) is 0 Å². The molecular formula is C66H42N6O2. The van der Waals surface area contributed by atoms with E-state index in [1.807, 2.05) is 72.8 Å². The Kier molecular flexibility index (Phi) is 10.3. The maximum atomic E-state index is 6.15. The molecule has 0 bridgehead atoms. The summed E-state index contributed by atoms with van der Waals surface area (Å²) < 4.78 is 12.3. The summed E-state index contributed by atoms with van der Waals surface area (Å²) in [5.74, 6) is 1.18. The Morgan fingerprint density at radius 1 is 0.257 bits per heavy atom. The minimum Gasteiger partial charge on any atom is -0.436 e. The van der Waals surface area contributed by atoms with Crippen LogP contribution in [0.3, 0.4) is 0 Å². The van der Waals surface area contributed by atoms with Gasteiger partial charge in [-0.2, -0.15) is 0 Å². The van der Waals surface area contributed by atoms with Crippen LogP contribution in [0.4, 0.5) is 34.1 Å². The monoisotopic (exact) mass is 950 g/mol. The lowest BCUT2D eigenvalue weighted by molar-refractivity contribution is 0.619. The van der Waals surface area contributed by atoms with Crippen LogP contribution in [0.2, 0.25) is 0 Å². The zero-order chi connectivity index (χ0) is 49.0. The van der Waals surface area contributed by atoms with E-state index < -0.39 is 0 Å². The molecule has 0 aliphatic rings. The summed E-state index contributed by atoms with van der Waals surface area (Å²) in [6.45, 7) is 0. The van der Waals surface area contributed by atoms with Gasteiger partial charge in [0.1, 0.15) is 11.0 Å². The van der Waals surface area contributed by atoms with Crippen molar-refractivity contribution >= 4 is 88.9 Å². The quantitative estimate of drug-likeness (QED) is 0.134. The highest BCUT2D eigenvalue weighted by molar-refractivity contribution is 6.01. The summed E-state index contributed by atoms with van der Waals surface area (Å²) in [6, 6.07) is 87.9.